The van der Waals surface area contributed by atoms with Crippen LogP contribution in [0, 0.1) is 6.92 Å². The van der Waals surface area contributed by atoms with E-state index in [-0.39, 0.29) is 0 Å². The monoisotopic (exact) mass is 128 g/mol. The zero-order valence-electron chi connectivity index (χ0n) is 5.25. The minimum absolute atomic E-state index is 0.317. The van der Waals surface area contributed by atoms with Gasteiger partial charge in [0.15, 0.2) is 0 Å². The van der Waals surface area contributed by atoms with Gasteiger partial charge in [-0.2, -0.15) is 0 Å². The van der Waals surface area contributed by atoms with Gasteiger partial charge in [0.2, 0.25) is 6.41 Å². The van der Waals surface area contributed by atoms with E-state index in [0.29, 0.717) is 19.6 Å². The first-order chi connectivity index (χ1) is 4.35. The van der Waals surface area contributed by atoms with Crippen molar-refractivity contribution in [1.29, 1.82) is 0 Å². The summed E-state index contributed by atoms with van der Waals surface area (Å²) in [5, 5.41) is 1.10. The molecule has 0 spiro atoms. The summed E-state index contributed by atoms with van der Waals surface area (Å²) < 4.78 is 0. The molecule has 0 N–H and O–H groups in total. The number of hydrogen-bond donors (Lipinski definition) is 0. The molecule has 0 saturated heterocycles. The maximum absolute atomic E-state index is 9.97. The highest BCUT2D eigenvalue weighted by Gasteiger charge is 1.92. The second-order valence-electron chi connectivity index (χ2n) is 1.33. The maximum Gasteiger partial charge on any atom is 0.233 e. The zero-order valence-corrected chi connectivity index (χ0v) is 5.25. The topological polar surface area (TPSA) is 29.5 Å². The highest BCUT2D eigenvalue weighted by Crippen LogP contribution is 1.82. The summed E-state index contributed by atoms with van der Waals surface area (Å²) in [6.07, 6.45) is 2.14. The van der Waals surface area contributed by atoms with Crippen LogP contribution in [-0.2, 0) is 9.63 Å². The van der Waals surface area contributed by atoms with Crippen LogP contribution in [0.1, 0.15) is 0 Å². The molecule has 3 heteroatoms. The lowest BCUT2D eigenvalue weighted by Gasteiger charge is -2.11. The molecular formula is C6H10NO2. The fourth-order valence-corrected chi connectivity index (χ4v) is 0.296. The molecule has 0 atom stereocenters. The van der Waals surface area contributed by atoms with Crippen molar-refractivity contribution >= 4 is 6.41 Å². The molecule has 0 fully saturated rings. The maximum atomic E-state index is 9.97. The number of hydroxylamine groups is 2. The molecule has 0 aliphatic carbocycles. The second-order valence-corrected chi connectivity index (χ2v) is 1.33. The van der Waals surface area contributed by atoms with E-state index in [2.05, 4.69) is 13.5 Å². The van der Waals surface area contributed by atoms with Crippen molar-refractivity contribution in [2.24, 2.45) is 0 Å². The van der Waals surface area contributed by atoms with Crippen LogP contribution < -0.4 is 0 Å². The molecule has 0 aliphatic heterocycles. The molecule has 0 rings (SSSR count). The number of carbonyl (C=O) groups excluding carboxylic acids is 1. The van der Waals surface area contributed by atoms with Crippen LogP contribution >= 0.6 is 0 Å². The van der Waals surface area contributed by atoms with E-state index in [4.69, 9.17) is 4.84 Å². The first kappa shape index (κ1) is 8.17. The van der Waals surface area contributed by atoms with Crippen LogP contribution in [0.4, 0.5) is 0 Å². The molecule has 3 nitrogen and oxygen atoms in total. The van der Waals surface area contributed by atoms with Crippen LogP contribution in [-0.4, -0.2) is 24.6 Å². The first-order valence-corrected chi connectivity index (χ1v) is 2.60. The van der Waals surface area contributed by atoms with Crippen LogP contribution in [0.3, 0.4) is 0 Å². The van der Waals surface area contributed by atoms with Gasteiger partial charge >= 0.3 is 0 Å². The average molecular weight is 128 g/mol. The van der Waals surface area contributed by atoms with Crippen LogP contribution in [0.15, 0.2) is 12.7 Å². The highest BCUT2D eigenvalue weighted by atomic mass is 16.7. The third-order valence-electron chi connectivity index (χ3n) is 0.696. The molecule has 0 aromatic heterocycles. The van der Waals surface area contributed by atoms with Gasteiger partial charge in [0.1, 0.15) is 0 Å². The Morgan fingerprint density at radius 3 is 2.67 bits per heavy atom. The van der Waals surface area contributed by atoms with Crippen molar-refractivity contribution in [1.82, 2.24) is 5.06 Å². The number of hydrogen-bond acceptors (Lipinski definition) is 2. The predicted molar refractivity (Wildman–Crippen MR) is 34.3 cm³/mol. The van der Waals surface area contributed by atoms with Crippen molar-refractivity contribution in [3.05, 3.63) is 19.6 Å². The van der Waals surface area contributed by atoms with Crippen molar-refractivity contribution in [2.45, 2.75) is 0 Å². The molecule has 0 unspecified atom stereocenters. The van der Waals surface area contributed by atoms with Gasteiger partial charge in [-0.3, -0.25) is 9.63 Å². The van der Waals surface area contributed by atoms with Crippen LogP contribution in [0.2, 0.25) is 0 Å². The fraction of sp³-hybridized carbons (Fsp3) is 0.333. The number of rotatable bonds is 5. The third kappa shape index (κ3) is 3.73. The molecule has 0 heterocycles. The second kappa shape index (κ2) is 5.31. The molecule has 51 valence electrons. The van der Waals surface area contributed by atoms with E-state index in [1.165, 1.54) is 0 Å². The van der Waals surface area contributed by atoms with Gasteiger partial charge in [0, 0.05) is 6.54 Å². The lowest BCUT2D eigenvalue weighted by Crippen LogP contribution is -2.21. The molecule has 0 bridgehead atoms. The van der Waals surface area contributed by atoms with Gasteiger partial charge in [-0.25, -0.2) is 5.06 Å². The average Bonchev–Trinajstić information content (AvgIpc) is 1.91. The van der Waals surface area contributed by atoms with Crippen LogP contribution in [0.5, 0.6) is 0 Å². The van der Waals surface area contributed by atoms with E-state index in [1.54, 1.807) is 6.08 Å². The van der Waals surface area contributed by atoms with E-state index < -0.39 is 0 Å². The van der Waals surface area contributed by atoms with Crippen molar-refractivity contribution in [2.75, 3.05) is 13.2 Å². The summed E-state index contributed by atoms with van der Waals surface area (Å²) >= 11 is 0. The predicted octanol–water partition coefficient (Wildman–Crippen LogP) is 0.396. The summed E-state index contributed by atoms with van der Waals surface area (Å²) in [6, 6.07) is 0. The normalized spacial score (nSPS) is 8.56. The van der Waals surface area contributed by atoms with Gasteiger partial charge in [0.25, 0.3) is 0 Å². The molecule has 0 aromatic carbocycles. The van der Waals surface area contributed by atoms with Gasteiger partial charge in [-0.1, -0.05) is 6.08 Å². The summed E-state index contributed by atoms with van der Waals surface area (Å²) in [5.41, 5.74) is 0. The summed E-state index contributed by atoms with van der Waals surface area (Å²) in [6.45, 7) is 7.52. The minimum atomic E-state index is 0.317. The Balaban J connectivity index is 3.30. The Hall–Kier alpha value is -0.830. The van der Waals surface area contributed by atoms with Crippen molar-refractivity contribution < 1.29 is 9.63 Å². The van der Waals surface area contributed by atoms with Crippen LogP contribution in [0.25, 0.3) is 0 Å². The Labute approximate surface area is 54.9 Å². The van der Waals surface area contributed by atoms with E-state index >= 15 is 0 Å². The molecule has 0 aromatic rings. The smallest absolute Gasteiger partial charge is 0.233 e. The van der Waals surface area contributed by atoms with E-state index in [0.717, 1.165) is 5.06 Å². The zero-order chi connectivity index (χ0) is 7.11. The number of nitrogens with zero attached hydrogens (tertiary/aromatic N) is 1. The van der Waals surface area contributed by atoms with E-state index in [9.17, 15) is 4.79 Å². The Kier molecular flexibility index (Phi) is 4.82. The largest absolute Gasteiger partial charge is 0.276 e. The lowest BCUT2D eigenvalue weighted by atomic mass is 10.7. The molecule has 1 radical (unpaired) electrons. The van der Waals surface area contributed by atoms with Gasteiger partial charge in [0.05, 0.1) is 6.61 Å². The summed E-state index contributed by atoms with van der Waals surface area (Å²) in [7, 11) is 0. The lowest BCUT2D eigenvalue weighted by molar-refractivity contribution is -0.164. The Bertz CT molecular complexity index is 93.1. The summed E-state index contributed by atoms with van der Waals surface area (Å²) in [4.78, 5) is 14.7. The minimum Gasteiger partial charge on any atom is -0.276 e. The quantitative estimate of drug-likeness (QED) is 0.304. The van der Waals surface area contributed by atoms with E-state index in [1.807, 2.05) is 0 Å². The Morgan fingerprint density at radius 1 is 1.67 bits per heavy atom. The molecule has 1 amide bonds. The first-order valence-electron chi connectivity index (χ1n) is 2.60. The Morgan fingerprint density at radius 2 is 2.33 bits per heavy atom. The SMILES string of the molecule is [CH2]CN(C=O)OCC=C. The van der Waals surface area contributed by atoms with Gasteiger partial charge < -0.3 is 0 Å². The standard InChI is InChI=1S/C6H10NO2/c1-3-5-9-7(4-2)6-8/h3,6H,1-2,4-5H2. The summed E-state index contributed by atoms with van der Waals surface area (Å²) in [5.74, 6) is 0. The molecule has 0 aliphatic rings. The van der Waals surface area contributed by atoms with Crippen molar-refractivity contribution in [3.8, 4) is 0 Å². The van der Waals surface area contributed by atoms with Crippen molar-refractivity contribution in [3.63, 3.8) is 0 Å². The van der Waals surface area contributed by atoms with Gasteiger partial charge in [-0.15, -0.1) is 6.58 Å². The molecule has 0 saturated carbocycles. The fourth-order valence-electron chi connectivity index (χ4n) is 0.296. The highest BCUT2D eigenvalue weighted by molar-refractivity contribution is 5.44. The number of amides is 1. The molecule has 9 heavy (non-hydrogen) atoms. The number of carbonyl (C=O) groups is 1. The molecular weight excluding hydrogens is 118 g/mol. The van der Waals surface area contributed by atoms with Gasteiger partial charge in [-0.05, 0) is 6.92 Å². The third-order valence-corrected chi connectivity index (χ3v) is 0.696.